The summed E-state index contributed by atoms with van der Waals surface area (Å²) in [4.78, 5) is 0. The third-order valence-electron chi connectivity index (χ3n) is 6.33. The predicted octanol–water partition coefficient (Wildman–Crippen LogP) is 2.35. The molecule has 5 rings (SSSR count). The van der Waals surface area contributed by atoms with Crippen molar-refractivity contribution in [2.45, 2.75) is 50.7 Å². The van der Waals surface area contributed by atoms with Crippen LogP contribution in [0.4, 0.5) is 0 Å². The predicted molar refractivity (Wildman–Crippen MR) is 48.2 cm³/mol. The molecule has 0 aromatic heterocycles. The fraction of sp³-hybridized carbons (Fsp3) is 1.00. The van der Waals surface area contributed by atoms with Gasteiger partial charge in [-0.3, -0.25) is 0 Å². The zero-order chi connectivity index (χ0) is 8.26. The van der Waals surface area contributed by atoms with E-state index < -0.39 is 0 Å². The summed E-state index contributed by atoms with van der Waals surface area (Å²) in [5.41, 5.74) is 1.65. The highest BCUT2D eigenvalue weighted by Gasteiger charge is 2.77. The second-order valence-electron chi connectivity index (χ2n) is 6.41. The smallest absolute Gasteiger partial charge is 0.0878 e. The molecular formula is C12H16O. The molecule has 4 aliphatic carbocycles. The molecule has 4 atom stereocenters. The topological polar surface area (TPSA) is 12.5 Å². The highest BCUT2D eigenvalue weighted by molar-refractivity contribution is 5.25. The second kappa shape index (κ2) is 1.50. The lowest BCUT2D eigenvalue weighted by Crippen LogP contribution is -2.39. The lowest BCUT2D eigenvalue weighted by atomic mass is 9.59. The Labute approximate surface area is 78.8 Å². The highest BCUT2D eigenvalue weighted by Crippen LogP contribution is 2.81. The molecule has 1 heterocycles. The Hall–Kier alpha value is -0.0400. The molecule has 5 fully saturated rings. The van der Waals surface area contributed by atoms with Gasteiger partial charge in [0.1, 0.15) is 0 Å². The van der Waals surface area contributed by atoms with E-state index in [0.29, 0.717) is 0 Å². The first-order chi connectivity index (χ1) is 6.33. The van der Waals surface area contributed by atoms with E-state index in [0.717, 1.165) is 34.9 Å². The summed E-state index contributed by atoms with van der Waals surface area (Å²) in [6.45, 7) is 0. The maximum Gasteiger partial charge on any atom is 0.0878 e. The quantitative estimate of drug-likeness (QED) is 0.516. The molecule has 1 saturated heterocycles. The molecule has 2 bridgehead atoms. The summed E-state index contributed by atoms with van der Waals surface area (Å²) in [7, 11) is 0. The van der Waals surface area contributed by atoms with Crippen molar-refractivity contribution in [3.63, 3.8) is 0 Å². The first kappa shape index (κ1) is 6.44. The molecular weight excluding hydrogens is 160 g/mol. The highest BCUT2D eigenvalue weighted by atomic mass is 16.6. The fourth-order valence-electron chi connectivity index (χ4n) is 5.95. The van der Waals surface area contributed by atoms with Crippen LogP contribution < -0.4 is 0 Å². The number of rotatable bonds is 0. The summed E-state index contributed by atoms with van der Waals surface area (Å²) in [5.74, 6) is 2.14. The molecule has 5 aliphatic rings. The molecule has 0 aromatic carbocycles. The Morgan fingerprint density at radius 3 is 2.54 bits per heavy atom. The minimum absolute atomic E-state index is 0.727. The maximum absolute atomic E-state index is 5.76. The minimum Gasteiger partial charge on any atom is -0.369 e. The number of hydrogen-bond donors (Lipinski definition) is 0. The van der Waals surface area contributed by atoms with Crippen molar-refractivity contribution >= 4 is 0 Å². The van der Waals surface area contributed by atoms with E-state index >= 15 is 0 Å². The van der Waals surface area contributed by atoms with Crippen LogP contribution in [0.5, 0.6) is 0 Å². The van der Waals surface area contributed by atoms with E-state index in [4.69, 9.17) is 4.74 Å². The van der Waals surface area contributed by atoms with Gasteiger partial charge < -0.3 is 4.74 Å². The van der Waals surface area contributed by atoms with Crippen LogP contribution in [0.3, 0.4) is 0 Å². The van der Waals surface area contributed by atoms with Crippen molar-refractivity contribution in [1.82, 2.24) is 0 Å². The third kappa shape index (κ3) is 0.475. The van der Waals surface area contributed by atoms with Crippen LogP contribution in [-0.2, 0) is 4.74 Å². The van der Waals surface area contributed by atoms with Crippen LogP contribution in [0.2, 0.25) is 0 Å². The summed E-state index contributed by atoms with van der Waals surface area (Å²) in [6.07, 6.45) is 10.8. The van der Waals surface area contributed by atoms with E-state index in [1.807, 2.05) is 0 Å². The van der Waals surface area contributed by atoms with E-state index in [2.05, 4.69) is 0 Å². The van der Waals surface area contributed by atoms with Crippen LogP contribution in [0.1, 0.15) is 38.5 Å². The van der Waals surface area contributed by atoms with Crippen LogP contribution in [0.15, 0.2) is 0 Å². The van der Waals surface area contributed by atoms with Crippen molar-refractivity contribution in [1.29, 1.82) is 0 Å². The SMILES string of the molecule is C1C2OC2C2C1C13CCC2(CC1)C3. The first-order valence-corrected chi connectivity index (χ1v) is 5.99. The first-order valence-electron chi connectivity index (χ1n) is 5.99. The molecule has 0 spiro atoms. The Morgan fingerprint density at radius 1 is 1.00 bits per heavy atom. The van der Waals surface area contributed by atoms with E-state index in [9.17, 15) is 0 Å². The molecule has 4 saturated carbocycles. The lowest BCUT2D eigenvalue weighted by Gasteiger charge is -2.46. The van der Waals surface area contributed by atoms with E-state index in [1.165, 1.54) is 6.42 Å². The standard InChI is InChI=1S/C12H16O/c1-3-12-4-2-11(1,6-12)7-5-8-10(13-8)9(7)12/h7-10H,1-6H2. The van der Waals surface area contributed by atoms with Crippen LogP contribution in [-0.4, -0.2) is 12.2 Å². The Morgan fingerprint density at radius 2 is 1.77 bits per heavy atom. The van der Waals surface area contributed by atoms with E-state index in [-0.39, 0.29) is 0 Å². The van der Waals surface area contributed by atoms with Crippen molar-refractivity contribution in [3.05, 3.63) is 0 Å². The van der Waals surface area contributed by atoms with Crippen LogP contribution in [0.25, 0.3) is 0 Å². The third-order valence-corrected chi connectivity index (χ3v) is 6.33. The zero-order valence-electron chi connectivity index (χ0n) is 7.96. The number of hydrogen-bond acceptors (Lipinski definition) is 1. The van der Waals surface area contributed by atoms with Gasteiger partial charge >= 0.3 is 0 Å². The summed E-state index contributed by atoms with van der Waals surface area (Å²) < 4.78 is 5.76. The van der Waals surface area contributed by atoms with Crippen LogP contribution in [0, 0.1) is 22.7 Å². The molecule has 1 nitrogen and oxygen atoms in total. The van der Waals surface area contributed by atoms with Gasteiger partial charge in [0.2, 0.25) is 0 Å². The molecule has 1 heteroatoms. The summed E-state index contributed by atoms with van der Waals surface area (Å²) in [6, 6.07) is 0. The monoisotopic (exact) mass is 176 g/mol. The molecule has 0 aromatic rings. The molecule has 0 amide bonds. The van der Waals surface area contributed by atoms with Gasteiger partial charge in [0, 0.05) is 0 Å². The largest absolute Gasteiger partial charge is 0.369 e. The average molecular weight is 176 g/mol. The summed E-state index contributed by atoms with van der Waals surface area (Å²) in [5, 5.41) is 0. The fourth-order valence-corrected chi connectivity index (χ4v) is 5.95. The molecule has 70 valence electrons. The average Bonchev–Trinajstić information content (AvgIpc) is 2.57. The van der Waals surface area contributed by atoms with Gasteiger partial charge in [0.15, 0.2) is 0 Å². The normalized spacial score (nSPS) is 75.7. The Balaban J connectivity index is 1.74. The molecule has 4 unspecified atom stereocenters. The number of fused-ring (bicyclic) bond motifs is 3. The van der Waals surface area contributed by atoms with Crippen molar-refractivity contribution < 1.29 is 4.74 Å². The molecule has 0 N–H and O–H groups in total. The van der Waals surface area contributed by atoms with Crippen LogP contribution >= 0.6 is 0 Å². The van der Waals surface area contributed by atoms with Crippen molar-refractivity contribution in [3.8, 4) is 0 Å². The zero-order valence-corrected chi connectivity index (χ0v) is 7.96. The lowest BCUT2D eigenvalue weighted by molar-refractivity contribution is 0.00279. The second-order valence-corrected chi connectivity index (χ2v) is 6.41. The van der Waals surface area contributed by atoms with Gasteiger partial charge in [-0.05, 0) is 61.2 Å². The molecule has 13 heavy (non-hydrogen) atoms. The number of epoxide rings is 1. The molecule has 0 radical (unpaired) electrons. The van der Waals surface area contributed by atoms with Gasteiger partial charge in [-0.1, -0.05) is 0 Å². The van der Waals surface area contributed by atoms with Gasteiger partial charge in [0.05, 0.1) is 12.2 Å². The number of ether oxygens (including phenoxy) is 1. The minimum atomic E-state index is 0.727. The van der Waals surface area contributed by atoms with Gasteiger partial charge in [-0.2, -0.15) is 0 Å². The van der Waals surface area contributed by atoms with Gasteiger partial charge in [-0.15, -0.1) is 0 Å². The summed E-state index contributed by atoms with van der Waals surface area (Å²) >= 11 is 0. The van der Waals surface area contributed by atoms with Gasteiger partial charge in [0.25, 0.3) is 0 Å². The van der Waals surface area contributed by atoms with E-state index in [1.54, 1.807) is 32.1 Å². The van der Waals surface area contributed by atoms with Gasteiger partial charge in [-0.25, -0.2) is 0 Å². The Bertz CT molecular complexity index is 300. The molecule has 1 aliphatic heterocycles. The Kier molecular flexibility index (Phi) is 0.743. The van der Waals surface area contributed by atoms with Crippen molar-refractivity contribution in [2.24, 2.45) is 22.7 Å². The maximum atomic E-state index is 5.76. The van der Waals surface area contributed by atoms with Crippen molar-refractivity contribution in [2.75, 3.05) is 0 Å².